The first kappa shape index (κ1) is 16.4. The van der Waals surface area contributed by atoms with Crippen LogP contribution in [0, 0.1) is 6.92 Å². The number of aryl methyl sites for hydroxylation is 1. The lowest BCUT2D eigenvalue weighted by Crippen LogP contribution is -2.61. The fraction of sp³-hybridized carbons (Fsp3) is 0.562. The van der Waals surface area contributed by atoms with Crippen LogP contribution < -0.4 is 0 Å². The first-order chi connectivity index (χ1) is 10.9. The van der Waals surface area contributed by atoms with Gasteiger partial charge in [-0.2, -0.15) is 4.31 Å². The molecule has 126 valence electrons. The Morgan fingerprint density at radius 3 is 2.70 bits per heavy atom. The fourth-order valence-electron chi connectivity index (χ4n) is 3.42. The minimum atomic E-state index is -3.30. The standard InChI is InChI=1S/C16H22N2O4S/c1-12-5-3-4-6-13(12)16(19)17-8-7-15-14(11-17)18(9-10-22-15)23(2,20)21/h3-6,14-15H,7-11H2,1-2H3/t14-,15-/m0/s1. The summed E-state index contributed by atoms with van der Waals surface area (Å²) in [6.45, 7) is 3.65. The Morgan fingerprint density at radius 2 is 2.00 bits per heavy atom. The van der Waals surface area contributed by atoms with Crippen LogP contribution >= 0.6 is 0 Å². The van der Waals surface area contributed by atoms with E-state index in [1.165, 1.54) is 10.6 Å². The van der Waals surface area contributed by atoms with Crippen LogP contribution in [0.5, 0.6) is 0 Å². The zero-order valence-corrected chi connectivity index (χ0v) is 14.3. The number of nitrogens with zero attached hydrogens (tertiary/aromatic N) is 2. The summed E-state index contributed by atoms with van der Waals surface area (Å²) in [7, 11) is -3.30. The Balaban J connectivity index is 1.82. The maximum Gasteiger partial charge on any atom is 0.254 e. The second-order valence-corrected chi connectivity index (χ2v) is 8.14. The van der Waals surface area contributed by atoms with Crippen LogP contribution in [-0.4, -0.2) is 68.2 Å². The normalized spacial score (nSPS) is 25.9. The third-order valence-electron chi connectivity index (χ3n) is 4.62. The van der Waals surface area contributed by atoms with E-state index in [9.17, 15) is 13.2 Å². The van der Waals surface area contributed by atoms with Crippen LogP contribution in [0.3, 0.4) is 0 Å². The van der Waals surface area contributed by atoms with Gasteiger partial charge in [-0.3, -0.25) is 4.79 Å². The lowest BCUT2D eigenvalue weighted by atomic mass is 9.99. The van der Waals surface area contributed by atoms with Gasteiger partial charge in [-0.1, -0.05) is 18.2 Å². The highest BCUT2D eigenvalue weighted by molar-refractivity contribution is 7.88. The fourth-order valence-corrected chi connectivity index (χ4v) is 4.52. The van der Waals surface area contributed by atoms with E-state index < -0.39 is 10.0 Å². The Bertz CT molecular complexity index is 704. The SMILES string of the molecule is Cc1ccccc1C(=O)N1CC[C@@H]2OCCN(S(C)(=O)=O)[C@H]2C1. The van der Waals surface area contributed by atoms with E-state index in [4.69, 9.17) is 4.74 Å². The van der Waals surface area contributed by atoms with Crippen LogP contribution in [0.15, 0.2) is 24.3 Å². The Hall–Kier alpha value is -1.44. The monoisotopic (exact) mass is 338 g/mol. The molecule has 1 amide bonds. The minimum Gasteiger partial charge on any atom is -0.375 e. The molecule has 0 radical (unpaired) electrons. The molecule has 7 heteroatoms. The third kappa shape index (κ3) is 3.27. The van der Waals surface area contributed by atoms with E-state index in [0.29, 0.717) is 38.2 Å². The molecule has 2 aliphatic heterocycles. The lowest BCUT2D eigenvalue weighted by Gasteiger charge is -2.45. The molecule has 0 aromatic heterocycles. The van der Waals surface area contributed by atoms with Gasteiger partial charge >= 0.3 is 0 Å². The number of likely N-dealkylation sites (tertiary alicyclic amines) is 1. The maximum atomic E-state index is 12.8. The van der Waals surface area contributed by atoms with Crippen LogP contribution in [0.2, 0.25) is 0 Å². The number of amides is 1. The van der Waals surface area contributed by atoms with Gasteiger partial charge in [0.2, 0.25) is 10.0 Å². The molecular formula is C16H22N2O4S. The van der Waals surface area contributed by atoms with Crippen molar-refractivity contribution in [3.8, 4) is 0 Å². The van der Waals surface area contributed by atoms with Gasteiger partial charge in [-0.25, -0.2) is 8.42 Å². The van der Waals surface area contributed by atoms with E-state index in [-0.39, 0.29) is 18.1 Å². The van der Waals surface area contributed by atoms with Gasteiger partial charge in [0.1, 0.15) is 0 Å². The molecule has 0 saturated carbocycles. The molecule has 2 saturated heterocycles. The van der Waals surface area contributed by atoms with Crippen molar-refractivity contribution >= 4 is 15.9 Å². The molecular weight excluding hydrogens is 316 g/mol. The third-order valence-corrected chi connectivity index (χ3v) is 5.93. The first-order valence-electron chi connectivity index (χ1n) is 7.81. The van der Waals surface area contributed by atoms with Gasteiger partial charge < -0.3 is 9.64 Å². The number of ether oxygens (including phenoxy) is 1. The summed E-state index contributed by atoms with van der Waals surface area (Å²) < 4.78 is 31.2. The molecule has 2 atom stereocenters. The van der Waals surface area contributed by atoms with Gasteiger partial charge in [0.05, 0.1) is 25.0 Å². The highest BCUT2D eigenvalue weighted by atomic mass is 32.2. The molecule has 3 rings (SSSR count). The van der Waals surface area contributed by atoms with Crippen molar-refractivity contribution in [2.45, 2.75) is 25.5 Å². The van der Waals surface area contributed by atoms with Gasteiger partial charge in [-0.15, -0.1) is 0 Å². The molecule has 1 aromatic carbocycles. The number of morpholine rings is 1. The molecule has 2 aliphatic rings. The van der Waals surface area contributed by atoms with Crippen molar-refractivity contribution in [3.63, 3.8) is 0 Å². The number of fused-ring (bicyclic) bond motifs is 1. The van der Waals surface area contributed by atoms with Gasteiger partial charge in [0.15, 0.2) is 0 Å². The first-order valence-corrected chi connectivity index (χ1v) is 9.66. The zero-order valence-electron chi connectivity index (χ0n) is 13.4. The van der Waals surface area contributed by atoms with Crippen LogP contribution in [-0.2, 0) is 14.8 Å². The van der Waals surface area contributed by atoms with E-state index in [1.807, 2.05) is 31.2 Å². The lowest BCUT2D eigenvalue weighted by molar-refractivity contribution is -0.0704. The molecule has 0 bridgehead atoms. The molecule has 23 heavy (non-hydrogen) atoms. The molecule has 1 aromatic rings. The molecule has 2 heterocycles. The summed E-state index contributed by atoms with van der Waals surface area (Å²) in [5.74, 6) is -0.0411. The Labute approximate surface area is 137 Å². The van der Waals surface area contributed by atoms with Crippen molar-refractivity contribution in [1.82, 2.24) is 9.21 Å². The number of carbonyl (C=O) groups excluding carboxylic acids is 1. The van der Waals surface area contributed by atoms with E-state index >= 15 is 0 Å². The van der Waals surface area contributed by atoms with Crippen LogP contribution in [0.25, 0.3) is 0 Å². The molecule has 0 unspecified atom stereocenters. The van der Waals surface area contributed by atoms with E-state index in [0.717, 1.165) is 5.56 Å². The quantitative estimate of drug-likeness (QED) is 0.802. The summed E-state index contributed by atoms with van der Waals surface area (Å²) in [6, 6.07) is 7.18. The highest BCUT2D eigenvalue weighted by Crippen LogP contribution is 2.26. The highest BCUT2D eigenvalue weighted by Gasteiger charge is 2.42. The number of hydrogen-bond donors (Lipinski definition) is 0. The Kier molecular flexibility index (Phi) is 4.44. The van der Waals surface area contributed by atoms with Crippen molar-refractivity contribution in [2.75, 3.05) is 32.5 Å². The number of piperidine rings is 1. The van der Waals surface area contributed by atoms with Crippen LogP contribution in [0.4, 0.5) is 0 Å². The predicted molar refractivity (Wildman–Crippen MR) is 86.8 cm³/mol. The van der Waals surface area contributed by atoms with Crippen molar-refractivity contribution in [3.05, 3.63) is 35.4 Å². The topological polar surface area (TPSA) is 66.9 Å². The van der Waals surface area contributed by atoms with Gasteiger partial charge in [0.25, 0.3) is 5.91 Å². The van der Waals surface area contributed by atoms with E-state index in [2.05, 4.69) is 0 Å². The van der Waals surface area contributed by atoms with Crippen molar-refractivity contribution in [1.29, 1.82) is 0 Å². The van der Waals surface area contributed by atoms with Gasteiger partial charge in [0, 0.05) is 25.2 Å². The summed E-state index contributed by atoms with van der Waals surface area (Å²) in [5, 5.41) is 0. The number of hydrogen-bond acceptors (Lipinski definition) is 4. The molecule has 0 spiro atoms. The van der Waals surface area contributed by atoms with Crippen LogP contribution in [0.1, 0.15) is 22.3 Å². The minimum absolute atomic E-state index is 0.0411. The summed E-state index contributed by atoms with van der Waals surface area (Å²) in [5.41, 5.74) is 1.60. The summed E-state index contributed by atoms with van der Waals surface area (Å²) in [4.78, 5) is 14.5. The summed E-state index contributed by atoms with van der Waals surface area (Å²) in [6.07, 6.45) is 1.76. The number of sulfonamides is 1. The smallest absolute Gasteiger partial charge is 0.254 e. The second-order valence-electron chi connectivity index (χ2n) is 6.21. The average molecular weight is 338 g/mol. The molecule has 0 aliphatic carbocycles. The maximum absolute atomic E-state index is 12.8. The molecule has 6 nitrogen and oxygen atoms in total. The largest absolute Gasteiger partial charge is 0.375 e. The molecule has 0 N–H and O–H groups in total. The zero-order chi connectivity index (χ0) is 16.6. The summed E-state index contributed by atoms with van der Waals surface area (Å²) >= 11 is 0. The van der Waals surface area contributed by atoms with Gasteiger partial charge in [-0.05, 0) is 25.0 Å². The average Bonchev–Trinajstić information content (AvgIpc) is 2.52. The predicted octanol–water partition coefficient (Wildman–Crippen LogP) is 0.870. The number of rotatable bonds is 2. The van der Waals surface area contributed by atoms with Crippen molar-refractivity contribution in [2.24, 2.45) is 0 Å². The number of benzene rings is 1. The second kappa shape index (κ2) is 6.22. The Morgan fingerprint density at radius 1 is 1.26 bits per heavy atom. The van der Waals surface area contributed by atoms with Crippen molar-refractivity contribution < 1.29 is 17.9 Å². The number of carbonyl (C=O) groups is 1. The van der Waals surface area contributed by atoms with E-state index in [1.54, 1.807) is 4.90 Å². The molecule has 2 fully saturated rings.